The molecule has 0 aromatic carbocycles. The Hall–Kier alpha value is -0.800. The van der Waals surface area contributed by atoms with Crippen molar-refractivity contribution >= 4 is 11.6 Å². The number of alkyl halides is 1. The lowest BCUT2D eigenvalue weighted by Gasteiger charge is -2.39. The monoisotopic (exact) mass is 282 g/mol. The van der Waals surface area contributed by atoms with Crippen LogP contribution in [-0.4, -0.2) is 22.5 Å². The first-order valence-corrected chi connectivity index (χ1v) is 7.65. The van der Waals surface area contributed by atoms with Gasteiger partial charge in [-0.15, -0.1) is 11.6 Å². The maximum absolute atomic E-state index is 11.6. The molecule has 3 nitrogen and oxygen atoms in total. The Bertz CT molecular complexity index is 459. The van der Waals surface area contributed by atoms with Gasteiger partial charge in [0.1, 0.15) is 0 Å². The first-order valence-electron chi connectivity index (χ1n) is 7.12. The predicted molar refractivity (Wildman–Crippen MR) is 79.8 cm³/mol. The molecular weight excluding hydrogens is 260 g/mol. The van der Waals surface area contributed by atoms with Crippen molar-refractivity contribution in [1.29, 1.82) is 0 Å². The van der Waals surface area contributed by atoms with E-state index in [0.717, 1.165) is 25.3 Å². The number of hydrogen-bond donors (Lipinski definition) is 1. The van der Waals surface area contributed by atoms with Crippen LogP contribution in [0, 0.1) is 5.92 Å². The quantitative estimate of drug-likeness (QED) is 0.843. The van der Waals surface area contributed by atoms with E-state index in [2.05, 4.69) is 12.2 Å². The zero-order valence-corrected chi connectivity index (χ0v) is 12.3. The first-order chi connectivity index (χ1) is 9.15. The maximum Gasteiger partial charge on any atom is 0.250 e. The van der Waals surface area contributed by atoms with Crippen molar-refractivity contribution in [1.82, 2.24) is 9.88 Å². The molecule has 1 heterocycles. The summed E-state index contributed by atoms with van der Waals surface area (Å²) in [5, 5.41) is 3.60. The van der Waals surface area contributed by atoms with Gasteiger partial charge in [0.15, 0.2) is 0 Å². The third-order valence-electron chi connectivity index (χ3n) is 4.10. The van der Waals surface area contributed by atoms with E-state index in [1.807, 2.05) is 12.3 Å². The lowest BCUT2D eigenvalue weighted by atomic mass is 9.77. The van der Waals surface area contributed by atoms with Gasteiger partial charge in [0.2, 0.25) is 0 Å². The molecule has 1 fully saturated rings. The van der Waals surface area contributed by atoms with Crippen LogP contribution in [0.5, 0.6) is 0 Å². The van der Waals surface area contributed by atoms with Gasteiger partial charge in [-0.3, -0.25) is 4.79 Å². The summed E-state index contributed by atoms with van der Waals surface area (Å²) in [5.41, 5.74) is 0.124. The molecular formula is C15H23ClN2O. The number of nitrogens with zero attached hydrogens (tertiary/aromatic N) is 1. The highest BCUT2D eigenvalue weighted by molar-refractivity contribution is 6.18. The summed E-state index contributed by atoms with van der Waals surface area (Å²) in [5.74, 6) is 1.39. The average Bonchev–Trinajstić information content (AvgIpc) is 2.41. The van der Waals surface area contributed by atoms with Crippen molar-refractivity contribution < 1.29 is 0 Å². The van der Waals surface area contributed by atoms with Gasteiger partial charge < -0.3 is 9.88 Å². The SMILES string of the molecule is CC1CCCC(CCl)(NCCn2ccccc2=O)C1. The Morgan fingerprint density at radius 2 is 2.37 bits per heavy atom. The van der Waals surface area contributed by atoms with Crippen LogP contribution in [0.3, 0.4) is 0 Å². The molecule has 0 amide bonds. The number of pyridine rings is 1. The zero-order valence-electron chi connectivity index (χ0n) is 11.6. The largest absolute Gasteiger partial charge is 0.314 e. The van der Waals surface area contributed by atoms with Gasteiger partial charge in [-0.2, -0.15) is 0 Å². The Morgan fingerprint density at radius 3 is 3.05 bits per heavy atom. The number of halogens is 1. The van der Waals surface area contributed by atoms with Crippen LogP contribution in [0.15, 0.2) is 29.2 Å². The molecule has 4 heteroatoms. The van der Waals surface area contributed by atoms with Crippen molar-refractivity contribution in [2.75, 3.05) is 12.4 Å². The second kappa shape index (κ2) is 6.58. The standard InChI is InChI=1S/C15H23ClN2O/c1-13-5-4-7-15(11-13,12-16)17-8-10-18-9-3-2-6-14(18)19/h2-3,6,9,13,17H,4-5,7-8,10-12H2,1H3. The van der Waals surface area contributed by atoms with Crippen molar-refractivity contribution in [3.05, 3.63) is 34.7 Å². The minimum atomic E-state index is 0.0567. The van der Waals surface area contributed by atoms with Crippen LogP contribution in [0.25, 0.3) is 0 Å². The molecule has 1 aliphatic carbocycles. The first kappa shape index (κ1) is 14.6. The third kappa shape index (κ3) is 3.83. The molecule has 2 rings (SSSR count). The van der Waals surface area contributed by atoms with Crippen molar-refractivity contribution in [3.8, 4) is 0 Å². The summed E-state index contributed by atoms with van der Waals surface area (Å²) < 4.78 is 1.74. The summed E-state index contributed by atoms with van der Waals surface area (Å²) in [6.07, 6.45) is 6.66. The maximum atomic E-state index is 11.6. The predicted octanol–water partition coefficient (Wildman–Crippen LogP) is 2.63. The van der Waals surface area contributed by atoms with E-state index in [0.29, 0.717) is 12.4 Å². The molecule has 1 aromatic rings. The fourth-order valence-electron chi connectivity index (χ4n) is 3.08. The molecule has 1 saturated carbocycles. The molecule has 2 atom stereocenters. The smallest absolute Gasteiger partial charge is 0.250 e. The molecule has 0 saturated heterocycles. The Morgan fingerprint density at radius 1 is 1.53 bits per heavy atom. The second-order valence-corrected chi connectivity index (χ2v) is 6.04. The van der Waals surface area contributed by atoms with Crippen molar-refractivity contribution in [2.24, 2.45) is 5.92 Å². The molecule has 19 heavy (non-hydrogen) atoms. The van der Waals surface area contributed by atoms with E-state index in [9.17, 15) is 4.79 Å². The van der Waals surface area contributed by atoms with Gasteiger partial charge in [0.05, 0.1) is 0 Å². The highest BCUT2D eigenvalue weighted by atomic mass is 35.5. The topological polar surface area (TPSA) is 34.0 Å². The van der Waals surface area contributed by atoms with E-state index >= 15 is 0 Å². The van der Waals surface area contributed by atoms with Crippen LogP contribution < -0.4 is 10.9 Å². The summed E-state index contributed by atoms with van der Waals surface area (Å²) in [6.45, 7) is 3.79. The van der Waals surface area contributed by atoms with Crippen LogP contribution in [0.2, 0.25) is 0 Å². The van der Waals surface area contributed by atoms with Gasteiger partial charge in [-0.1, -0.05) is 25.8 Å². The molecule has 0 radical (unpaired) electrons. The lowest BCUT2D eigenvalue weighted by molar-refractivity contribution is 0.207. The lowest BCUT2D eigenvalue weighted by Crippen LogP contribution is -2.51. The van der Waals surface area contributed by atoms with E-state index in [4.69, 9.17) is 11.6 Å². The summed E-state index contributed by atoms with van der Waals surface area (Å²) in [7, 11) is 0. The molecule has 106 valence electrons. The van der Waals surface area contributed by atoms with Crippen molar-refractivity contribution in [2.45, 2.75) is 44.7 Å². The van der Waals surface area contributed by atoms with E-state index in [1.165, 1.54) is 12.8 Å². The van der Waals surface area contributed by atoms with Crippen LogP contribution in [-0.2, 0) is 6.54 Å². The molecule has 1 aromatic heterocycles. The van der Waals surface area contributed by atoms with Gasteiger partial charge in [0.25, 0.3) is 5.56 Å². The van der Waals surface area contributed by atoms with E-state index in [1.54, 1.807) is 16.7 Å². The number of aromatic nitrogens is 1. The van der Waals surface area contributed by atoms with Crippen LogP contribution in [0.4, 0.5) is 0 Å². The second-order valence-electron chi connectivity index (χ2n) is 5.77. The molecule has 1 aliphatic rings. The molecule has 0 spiro atoms. The van der Waals surface area contributed by atoms with Crippen molar-refractivity contribution in [3.63, 3.8) is 0 Å². The fourth-order valence-corrected chi connectivity index (χ4v) is 3.41. The minimum absolute atomic E-state index is 0.0567. The molecule has 0 bridgehead atoms. The molecule has 2 unspecified atom stereocenters. The fraction of sp³-hybridized carbons (Fsp3) is 0.667. The van der Waals surface area contributed by atoms with Gasteiger partial charge in [0, 0.05) is 36.8 Å². The number of nitrogens with one attached hydrogen (secondary N) is 1. The van der Waals surface area contributed by atoms with E-state index in [-0.39, 0.29) is 11.1 Å². The third-order valence-corrected chi connectivity index (χ3v) is 4.61. The van der Waals surface area contributed by atoms with Crippen LogP contribution in [0.1, 0.15) is 32.6 Å². The summed E-state index contributed by atoms with van der Waals surface area (Å²) >= 11 is 6.18. The van der Waals surface area contributed by atoms with Gasteiger partial charge in [-0.25, -0.2) is 0 Å². The Labute approximate surface area is 120 Å². The highest BCUT2D eigenvalue weighted by Crippen LogP contribution is 2.32. The van der Waals surface area contributed by atoms with Crippen LogP contribution >= 0.6 is 11.6 Å². The highest BCUT2D eigenvalue weighted by Gasteiger charge is 2.33. The Kier molecular flexibility index (Phi) is 5.06. The Balaban J connectivity index is 1.90. The van der Waals surface area contributed by atoms with Gasteiger partial charge in [-0.05, 0) is 24.8 Å². The number of hydrogen-bond acceptors (Lipinski definition) is 2. The van der Waals surface area contributed by atoms with Gasteiger partial charge >= 0.3 is 0 Å². The summed E-state index contributed by atoms with van der Waals surface area (Å²) in [6, 6.07) is 5.26. The normalized spacial score (nSPS) is 27.4. The summed E-state index contributed by atoms with van der Waals surface area (Å²) in [4.78, 5) is 11.6. The molecule has 0 aliphatic heterocycles. The minimum Gasteiger partial charge on any atom is -0.314 e. The number of rotatable bonds is 5. The van der Waals surface area contributed by atoms with E-state index < -0.39 is 0 Å². The molecule has 1 N–H and O–H groups in total. The zero-order chi connectivity index (χ0) is 13.7. The average molecular weight is 283 g/mol.